The van der Waals surface area contributed by atoms with Crippen LogP contribution in [0.4, 0.5) is 0 Å². The van der Waals surface area contributed by atoms with Gasteiger partial charge in [-0.05, 0) is 48.1 Å². The minimum Gasteiger partial charge on any atom is -0.353 e. The van der Waals surface area contributed by atoms with Crippen molar-refractivity contribution in [3.63, 3.8) is 0 Å². The molecular formula is C18H24BrNO. The number of fused-ring (bicyclic) bond motifs is 3. The van der Waals surface area contributed by atoms with Gasteiger partial charge in [-0.2, -0.15) is 0 Å². The van der Waals surface area contributed by atoms with Gasteiger partial charge >= 0.3 is 0 Å². The third-order valence-corrected chi connectivity index (χ3v) is 5.64. The van der Waals surface area contributed by atoms with Crippen molar-refractivity contribution in [2.45, 2.75) is 45.1 Å². The molecule has 0 radical (unpaired) electrons. The number of rotatable bonds is 5. The van der Waals surface area contributed by atoms with Gasteiger partial charge in [0.2, 0.25) is 5.91 Å². The fraction of sp³-hybridized carbons (Fsp3) is 0.611. The van der Waals surface area contributed by atoms with E-state index in [9.17, 15) is 4.79 Å². The van der Waals surface area contributed by atoms with Crippen LogP contribution in [0.5, 0.6) is 0 Å². The number of halogens is 1. The Kier molecular flexibility index (Phi) is 4.39. The number of amides is 1. The maximum absolute atomic E-state index is 12.6. The number of hydrogen-bond acceptors (Lipinski definition) is 1. The normalized spacial score (nSPS) is 27.7. The van der Waals surface area contributed by atoms with E-state index in [1.807, 2.05) is 0 Å². The molecule has 2 aliphatic carbocycles. The second-order valence-corrected chi connectivity index (χ2v) is 7.58. The predicted molar refractivity (Wildman–Crippen MR) is 89.7 cm³/mol. The highest BCUT2D eigenvalue weighted by Crippen LogP contribution is 2.59. The van der Waals surface area contributed by atoms with Gasteiger partial charge < -0.3 is 5.32 Å². The molecule has 0 saturated heterocycles. The van der Waals surface area contributed by atoms with Crippen molar-refractivity contribution in [1.82, 2.24) is 5.32 Å². The lowest BCUT2D eigenvalue weighted by Crippen LogP contribution is -2.40. The van der Waals surface area contributed by atoms with Gasteiger partial charge in [-0.3, -0.25) is 4.79 Å². The van der Waals surface area contributed by atoms with Crippen LogP contribution in [0.3, 0.4) is 0 Å². The molecule has 1 aromatic rings. The lowest BCUT2D eigenvalue weighted by atomic mass is 9.92. The SMILES string of the molecule is CC(C)C(CCBr)NC(=O)C1C2CCc3ccccc3C21. The topological polar surface area (TPSA) is 29.1 Å². The Balaban J connectivity index is 1.68. The summed E-state index contributed by atoms with van der Waals surface area (Å²) in [5.41, 5.74) is 2.88. The molecule has 4 unspecified atom stereocenters. The monoisotopic (exact) mass is 349 g/mol. The van der Waals surface area contributed by atoms with Gasteiger partial charge in [-0.25, -0.2) is 0 Å². The van der Waals surface area contributed by atoms with Gasteiger partial charge in [0.25, 0.3) is 0 Å². The minimum absolute atomic E-state index is 0.213. The van der Waals surface area contributed by atoms with Gasteiger partial charge in [-0.15, -0.1) is 0 Å². The molecule has 21 heavy (non-hydrogen) atoms. The number of hydrogen-bond donors (Lipinski definition) is 1. The van der Waals surface area contributed by atoms with Crippen LogP contribution in [-0.4, -0.2) is 17.3 Å². The number of benzene rings is 1. The molecule has 1 N–H and O–H groups in total. The van der Waals surface area contributed by atoms with Crippen molar-refractivity contribution < 1.29 is 4.79 Å². The number of alkyl halides is 1. The van der Waals surface area contributed by atoms with Gasteiger partial charge in [0, 0.05) is 17.3 Å². The van der Waals surface area contributed by atoms with Crippen molar-refractivity contribution in [2.24, 2.45) is 17.8 Å². The molecule has 0 aromatic heterocycles. The lowest BCUT2D eigenvalue weighted by Gasteiger charge is -2.21. The Labute approximate surface area is 135 Å². The Hall–Kier alpha value is -0.830. The summed E-state index contributed by atoms with van der Waals surface area (Å²) in [4.78, 5) is 12.6. The molecule has 0 aliphatic heterocycles. The van der Waals surface area contributed by atoms with Crippen LogP contribution in [0.15, 0.2) is 24.3 Å². The Morgan fingerprint density at radius 2 is 2.14 bits per heavy atom. The van der Waals surface area contributed by atoms with E-state index >= 15 is 0 Å². The number of aryl methyl sites for hydroxylation is 1. The zero-order valence-corrected chi connectivity index (χ0v) is 14.4. The Morgan fingerprint density at radius 1 is 1.38 bits per heavy atom. The standard InChI is InChI=1S/C18H24BrNO/c1-11(2)15(9-10-19)20-18(21)17-14-8-7-12-5-3-4-6-13(12)16(14)17/h3-6,11,14-17H,7-10H2,1-2H3,(H,20,21). The van der Waals surface area contributed by atoms with Gasteiger partial charge in [-0.1, -0.05) is 54.0 Å². The second-order valence-electron chi connectivity index (χ2n) is 6.79. The van der Waals surface area contributed by atoms with Crippen LogP contribution in [0, 0.1) is 17.8 Å². The molecule has 0 bridgehead atoms. The first kappa shape index (κ1) is 15.1. The van der Waals surface area contributed by atoms with E-state index in [4.69, 9.17) is 0 Å². The largest absolute Gasteiger partial charge is 0.353 e. The number of nitrogens with one attached hydrogen (secondary N) is 1. The summed E-state index contributed by atoms with van der Waals surface area (Å²) in [6, 6.07) is 8.95. The molecule has 1 aromatic carbocycles. The van der Waals surface area contributed by atoms with Crippen LogP contribution in [0.1, 0.15) is 43.7 Å². The first-order valence-corrected chi connectivity index (χ1v) is 9.19. The molecular weight excluding hydrogens is 326 g/mol. The number of carbonyl (C=O) groups is 1. The van der Waals surface area contributed by atoms with Crippen molar-refractivity contribution in [2.75, 3.05) is 5.33 Å². The summed E-state index contributed by atoms with van der Waals surface area (Å²) in [7, 11) is 0. The van der Waals surface area contributed by atoms with E-state index in [0.29, 0.717) is 17.8 Å². The number of carbonyl (C=O) groups excluding carboxylic acids is 1. The lowest BCUT2D eigenvalue weighted by molar-refractivity contribution is -0.123. The highest BCUT2D eigenvalue weighted by molar-refractivity contribution is 9.09. The van der Waals surface area contributed by atoms with E-state index < -0.39 is 0 Å². The van der Waals surface area contributed by atoms with Crippen molar-refractivity contribution in [3.8, 4) is 0 Å². The van der Waals surface area contributed by atoms with E-state index in [1.165, 1.54) is 17.5 Å². The first-order chi connectivity index (χ1) is 10.1. The molecule has 3 rings (SSSR count). The molecule has 2 nitrogen and oxygen atoms in total. The smallest absolute Gasteiger partial charge is 0.224 e. The Bertz CT molecular complexity index is 528. The third kappa shape index (κ3) is 2.90. The van der Waals surface area contributed by atoms with E-state index in [1.54, 1.807) is 0 Å². The van der Waals surface area contributed by atoms with E-state index in [-0.39, 0.29) is 17.9 Å². The summed E-state index contributed by atoms with van der Waals surface area (Å²) in [5.74, 6) is 2.04. The van der Waals surface area contributed by atoms with Crippen molar-refractivity contribution in [1.29, 1.82) is 0 Å². The summed E-state index contributed by atoms with van der Waals surface area (Å²) in [6.07, 6.45) is 3.31. The fourth-order valence-electron chi connectivity index (χ4n) is 3.89. The van der Waals surface area contributed by atoms with Gasteiger partial charge in [0.05, 0.1) is 0 Å². The maximum atomic E-state index is 12.6. The van der Waals surface area contributed by atoms with Crippen molar-refractivity contribution in [3.05, 3.63) is 35.4 Å². The molecule has 114 valence electrons. The van der Waals surface area contributed by atoms with Crippen LogP contribution >= 0.6 is 15.9 Å². The third-order valence-electron chi connectivity index (χ3n) is 5.19. The Morgan fingerprint density at radius 3 is 2.86 bits per heavy atom. The summed E-state index contributed by atoms with van der Waals surface area (Å²) < 4.78 is 0. The van der Waals surface area contributed by atoms with Crippen LogP contribution < -0.4 is 5.32 Å². The zero-order chi connectivity index (χ0) is 15.0. The summed E-state index contributed by atoms with van der Waals surface area (Å²) >= 11 is 3.49. The molecule has 2 aliphatic rings. The predicted octanol–water partition coefficient (Wildman–Crippen LogP) is 3.89. The highest BCUT2D eigenvalue weighted by Gasteiger charge is 2.57. The van der Waals surface area contributed by atoms with E-state index in [0.717, 1.165) is 18.2 Å². The van der Waals surface area contributed by atoms with Crippen LogP contribution in [-0.2, 0) is 11.2 Å². The zero-order valence-electron chi connectivity index (χ0n) is 12.8. The highest BCUT2D eigenvalue weighted by atomic mass is 79.9. The fourth-order valence-corrected chi connectivity index (χ4v) is 4.39. The minimum atomic E-state index is 0.213. The molecule has 4 atom stereocenters. The van der Waals surface area contributed by atoms with Crippen molar-refractivity contribution >= 4 is 21.8 Å². The van der Waals surface area contributed by atoms with Crippen LogP contribution in [0.2, 0.25) is 0 Å². The first-order valence-electron chi connectivity index (χ1n) is 8.07. The molecule has 0 spiro atoms. The quantitative estimate of drug-likeness (QED) is 0.802. The molecule has 0 heterocycles. The molecule has 1 amide bonds. The summed E-state index contributed by atoms with van der Waals surface area (Å²) in [6.45, 7) is 4.37. The van der Waals surface area contributed by atoms with E-state index in [2.05, 4.69) is 59.4 Å². The molecule has 1 fully saturated rings. The maximum Gasteiger partial charge on any atom is 0.224 e. The molecule has 1 saturated carbocycles. The van der Waals surface area contributed by atoms with Gasteiger partial charge in [0.1, 0.15) is 0 Å². The summed E-state index contributed by atoms with van der Waals surface area (Å²) in [5, 5.41) is 4.24. The molecule has 3 heteroatoms. The second kappa shape index (κ2) is 6.12. The van der Waals surface area contributed by atoms with Gasteiger partial charge in [0.15, 0.2) is 0 Å². The average molecular weight is 350 g/mol. The average Bonchev–Trinajstić information content (AvgIpc) is 3.21. The van der Waals surface area contributed by atoms with Crippen LogP contribution in [0.25, 0.3) is 0 Å².